The maximum atomic E-state index is 11.4. The molecule has 1 rings (SSSR count). The van der Waals surface area contributed by atoms with E-state index >= 15 is 0 Å². The van der Waals surface area contributed by atoms with Crippen molar-refractivity contribution in [3.05, 3.63) is 0 Å². The number of likely N-dealkylation sites (N-methyl/N-ethyl adjacent to an activating group) is 1. The molecule has 1 saturated carbocycles. The van der Waals surface area contributed by atoms with Crippen LogP contribution in [0.25, 0.3) is 0 Å². The van der Waals surface area contributed by atoms with Gasteiger partial charge < -0.3 is 5.32 Å². The fourth-order valence-corrected chi connectivity index (χ4v) is 1.55. The zero-order chi connectivity index (χ0) is 12.0. The van der Waals surface area contributed by atoms with Crippen LogP contribution in [-0.4, -0.2) is 42.8 Å². The number of nitrogens with zero attached hydrogens (tertiary/aromatic N) is 1. The summed E-state index contributed by atoms with van der Waals surface area (Å²) in [6, 6.07) is 0.433. The highest BCUT2D eigenvalue weighted by Crippen LogP contribution is 2.18. The van der Waals surface area contributed by atoms with Crippen molar-refractivity contribution in [1.82, 2.24) is 10.2 Å². The van der Waals surface area contributed by atoms with Crippen molar-refractivity contribution >= 4 is 11.7 Å². The highest BCUT2D eigenvalue weighted by molar-refractivity contribution is 5.79. The lowest BCUT2D eigenvalue weighted by Crippen LogP contribution is -2.36. The Bertz CT molecular complexity index is 249. The number of rotatable bonds is 8. The summed E-state index contributed by atoms with van der Waals surface area (Å²) in [5, 5.41) is 2.95. The molecule has 92 valence electrons. The van der Waals surface area contributed by atoms with Crippen molar-refractivity contribution in [2.24, 2.45) is 0 Å². The van der Waals surface area contributed by atoms with E-state index in [0.29, 0.717) is 31.2 Å². The minimum Gasteiger partial charge on any atom is -0.352 e. The van der Waals surface area contributed by atoms with Crippen molar-refractivity contribution in [3.63, 3.8) is 0 Å². The van der Waals surface area contributed by atoms with Gasteiger partial charge in [0, 0.05) is 18.9 Å². The van der Waals surface area contributed by atoms with Crippen molar-refractivity contribution < 1.29 is 9.59 Å². The Kier molecular flexibility index (Phi) is 5.46. The van der Waals surface area contributed by atoms with Crippen molar-refractivity contribution in [2.45, 2.75) is 45.1 Å². The summed E-state index contributed by atoms with van der Waals surface area (Å²) in [6.45, 7) is 3.13. The van der Waals surface area contributed by atoms with Crippen LogP contribution in [0.3, 0.4) is 0 Å². The van der Waals surface area contributed by atoms with Crippen molar-refractivity contribution in [2.75, 3.05) is 20.1 Å². The third kappa shape index (κ3) is 5.85. The minimum atomic E-state index is 0.104. The molecule has 0 spiro atoms. The highest BCUT2D eigenvalue weighted by atomic mass is 16.2. The van der Waals surface area contributed by atoms with Crippen LogP contribution >= 0.6 is 0 Å². The summed E-state index contributed by atoms with van der Waals surface area (Å²) in [5.41, 5.74) is 0. The van der Waals surface area contributed by atoms with E-state index in [1.165, 1.54) is 0 Å². The van der Waals surface area contributed by atoms with E-state index in [1.807, 2.05) is 18.9 Å². The predicted octanol–water partition coefficient (Wildman–Crippen LogP) is 0.956. The lowest BCUT2D eigenvalue weighted by atomic mass is 10.2. The lowest BCUT2D eigenvalue weighted by molar-refractivity contribution is -0.122. The number of hydrogen-bond acceptors (Lipinski definition) is 3. The second kappa shape index (κ2) is 6.63. The molecule has 4 heteroatoms. The number of nitrogens with one attached hydrogen (secondary N) is 1. The Balaban J connectivity index is 2.02. The van der Waals surface area contributed by atoms with Gasteiger partial charge in [0.05, 0.1) is 6.54 Å². The number of carbonyl (C=O) groups excluding carboxylic acids is 2. The molecule has 16 heavy (non-hydrogen) atoms. The summed E-state index contributed by atoms with van der Waals surface area (Å²) < 4.78 is 0. The quantitative estimate of drug-likeness (QED) is 0.670. The molecule has 4 nitrogen and oxygen atoms in total. The summed E-state index contributed by atoms with van der Waals surface area (Å²) in [7, 11) is 1.92. The zero-order valence-corrected chi connectivity index (χ0v) is 10.3. The van der Waals surface area contributed by atoms with E-state index < -0.39 is 0 Å². The highest BCUT2D eigenvalue weighted by Gasteiger charge is 2.23. The molecule has 1 N–H and O–H groups in total. The van der Waals surface area contributed by atoms with Crippen molar-refractivity contribution in [1.29, 1.82) is 0 Å². The summed E-state index contributed by atoms with van der Waals surface area (Å²) in [6.07, 6.45) is 4.34. The summed E-state index contributed by atoms with van der Waals surface area (Å²) in [5.74, 6) is 0.405. The predicted molar refractivity (Wildman–Crippen MR) is 63.2 cm³/mol. The molecule has 0 unspecified atom stereocenters. The molecule has 0 aliphatic heterocycles. The zero-order valence-electron chi connectivity index (χ0n) is 10.3. The molecule has 0 atom stereocenters. The van der Waals surface area contributed by atoms with Gasteiger partial charge >= 0.3 is 0 Å². The number of ketones is 1. The smallest absolute Gasteiger partial charge is 0.234 e. The van der Waals surface area contributed by atoms with Crippen LogP contribution in [-0.2, 0) is 9.59 Å². The Morgan fingerprint density at radius 1 is 1.38 bits per heavy atom. The Morgan fingerprint density at radius 2 is 2.06 bits per heavy atom. The molecule has 0 aromatic carbocycles. The molecular weight excluding hydrogens is 204 g/mol. The normalized spacial score (nSPS) is 15.2. The number of carbonyl (C=O) groups is 2. The molecule has 0 aromatic rings. The second-order valence-corrected chi connectivity index (χ2v) is 4.58. The van der Waals surface area contributed by atoms with E-state index in [-0.39, 0.29) is 5.91 Å². The number of hydrogen-bond donors (Lipinski definition) is 1. The molecule has 0 saturated heterocycles. The van der Waals surface area contributed by atoms with Gasteiger partial charge in [0.15, 0.2) is 0 Å². The first-order valence-corrected chi connectivity index (χ1v) is 6.11. The van der Waals surface area contributed by atoms with Gasteiger partial charge in [-0.25, -0.2) is 0 Å². The molecule has 1 aliphatic rings. The molecular formula is C12H22N2O2. The first-order chi connectivity index (χ1) is 7.61. The van der Waals surface area contributed by atoms with E-state index in [2.05, 4.69) is 5.32 Å². The van der Waals surface area contributed by atoms with Gasteiger partial charge in [0.1, 0.15) is 5.78 Å². The first-order valence-electron chi connectivity index (χ1n) is 6.11. The van der Waals surface area contributed by atoms with Crippen LogP contribution in [0.2, 0.25) is 0 Å². The number of amides is 1. The van der Waals surface area contributed by atoms with E-state index in [0.717, 1.165) is 25.8 Å². The lowest BCUT2D eigenvalue weighted by Gasteiger charge is -2.15. The largest absolute Gasteiger partial charge is 0.352 e. The van der Waals surface area contributed by atoms with Gasteiger partial charge in [0.25, 0.3) is 0 Å². The van der Waals surface area contributed by atoms with Crippen LogP contribution in [0.1, 0.15) is 39.0 Å². The second-order valence-electron chi connectivity index (χ2n) is 4.58. The summed E-state index contributed by atoms with van der Waals surface area (Å²) in [4.78, 5) is 24.5. The Labute approximate surface area is 97.4 Å². The SMILES string of the molecule is CCC(=O)CCCN(C)CC(=O)NC1CC1. The van der Waals surface area contributed by atoms with Crippen LogP contribution in [0, 0.1) is 0 Å². The third-order valence-electron chi connectivity index (χ3n) is 2.75. The van der Waals surface area contributed by atoms with Gasteiger partial charge in [0.2, 0.25) is 5.91 Å². The monoisotopic (exact) mass is 226 g/mol. The Hall–Kier alpha value is -0.900. The fourth-order valence-electron chi connectivity index (χ4n) is 1.55. The van der Waals surface area contributed by atoms with Crippen LogP contribution in [0.5, 0.6) is 0 Å². The van der Waals surface area contributed by atoms with E-state index in [4.69, 9.17) is 0 Å². The van der Waals surface area contributed by atoms with E-state index in [1.54, 1.807) is 0 Å². The van der Waals surface area contributed by atoms with Gasteiger partial charge in [-0.15, -0.1) is 0 Å². The van der Waals surface area contributed by atoms with Crippen molar-refractivity contribution in [3.8, 4) is 0 Å². The van der Waals surface area contributed by atoms with Gasteiger partial charge in [-0.05, 0) is 32.9 Å². The van der Waals surface area contributed by atoms with Crippen LogP contribution in [0.15, 0.2) is 0 Å². The minimum absolute atomic E-state index is 0.104. The molecule has 0 aromatic heterocycles. The van der Waals surface area contributed by atoms with Gasteiger partial charge in [-0.1, -0.05) is 6.92 Å². The maximum absolute atomic E-state index is 11.4. The number of Topliss-reactive ketones (excluding diaryl/α,β-unsaturated/α-hetero) is 1. The van der Waals surface area contributed by atoms with Gasteiger partial charge in [-0.2, -0.15) is 0 Å². The molecule has 0 heterocycles. The molecule has 1 fully saturated rings. The average molecular weight is 226 g/mol. The molecule has 1 amide bonds. The average Bonchev–Trinajstić information content (AvgIpc) is 3.01. The van der Waals surface area contributed by atoms with E-state index in [9.17, 15) is 9.59 Å². The third-order valence-corrected chi connectivity index (χ3v) is 2.75. The van der Waals surface area contributed by atoms with Gasteiger partial charge in [-0.3, -0.25) is 14.5 Å². The summed E-state index contributed by atoms with van der Waals surface area (Å²) >= 11 is 0. The first kappa shape index (κ1) is 13.2. The molecule has 0 bridgehead atoms. The standard InChI is InChI=1S/C12H22N2O2/c1-3-11(15)5-4-8-14(2)9-12(16)13-10-6-7-10/h10H,3-9H2,1-2H3,(H,13,16). The Morgan fingerprint density at radius 3 is 2.62 bits per heavy atom. The van der Waals surface area contributed by atoms with Crippen LogP contribution in [0.4, 0.5) is 0 Å². The molecule has 0 radical (unpaired) electrons. The molecule has 1 aliphatic carbocycles. The fraction of sp³-hybridized carbons (Fsp3) is 0.833. The van der Waals surface area contributed by atoms with Crippen LogP contribution < -0.4 is 5.32 Å². The maximum Gasteiger partial charge on any atom is 0.234 e. The topological polar surface area (TPSA) is 49.4 Å².